The molecule has 160 valence electrons. The van der Waals surface area contributed by atoms with E-state index >= 15 is 0 Å². The molecule has 2 amide bonds. The highest BCUT2D eigenvalue weighted by Crippen LogP contribution is 2.48. The summed E-state index contributed by atoms with van der Waals surface area (Å²) < 4.78 is 12.5. The molecule has 0 spiro atoms. The predicted molar refractivity (Wildman–Crippen MR) is 112 cm³/mol. The summed E-state index contributed by atoms with van der Waals surface area (Å²) >= 11 is 0. The molecular weight excluding hydrogens is 384 g/mol. The molecule has 2 atom stereocenters. The number of nitrogens with zero attached hydrogens (tertiary/aromatic N) is 3. The number of aryl methyl sites for hydroxylation is 1. The van der Waals surface area contributed by atoms with Gasteiger partial charge in [-0.2, -0.15) is 5.10 Å². The molecule has 8 heteroatoms. The number of nitrogens with one attached hydrogen (secondary N) is 1. The van der Waals surface area contributed by atoms with Gasteiger partial charge in [0, 0.05) is 38.3 Å². The van der Waals surface area contributed by atoms with Crippen molar-refractivity contribution in [1.29, 1.82) is 0 Å². The summed E-state index contributed by atoms with van der Waals surface area (Å²) in [7, 11) is 4.94. The van der Waals surface area contributed by atoms with E-state index in [1.807, 2.05) is 18.1 Å². The number of carbonyl (C=O) groups excluding carboxylic acids is 2. The second-order valence-corrected chi connectivity index (χ2v) is 7.99. The third-order valence-corrected chi connectivity index (χ3v) is 5.94. The first kappa shape index (κ1) is 20.3. The van der Waals surface area contributed by atoms with E-state index in [9.17, 15) is 9.59 Å². The summed E-state index contributed by atoms with van der Waals surface area (Å²) in [5.41, 5.74) is 1.96. The Bertz CT molecular complexity index is 949. The molecule has 1 N–H and O–H groups in total. The van der Waals surface area contributed by atoms with Crippen LogP contribution in [-0.4, -0.2) is 53.8 Å². The van der Waals surface area contributed by atoms with Gasteiger partial charge in [0.15, 0.2) is 11.5 Å². The van der Waals surface area contributed by atoms with Crippen LogP contribution in [0.2, 0.25) is 0 Å². The Morgan fingerprint density at radius 1 is 1.10 bits per heavy atom. The Morgan fingerprint density at radius 3 is 2.43 bits per heavy atom. The van der Waals surface area contributed by atoms with Crippen LogP contribution in [0.1, 0.15) is 47.5 Å². The molecule has 1 aliphatic carbocycles. The number of benzene rings is 1. The fourth-order valence-corrected chi connectivity index (χ4v) is 4.14. The number of ether oxygens (including phenoxy) is 2. The Labute approximate surface area is 176 Å². The van der Waals surface area contributed by atoms with Gasteiger partial charge in [0.25, 0.3) is 5.91 Å². The van der Waals surface area contributed by atoms with Crippen molar-refractivity contribution in [2.24, 2.45) is 13.0 Å². The van der Waals surface area contributed by atoms with Crippen molar-refractivity contribution < 1.29 is 19.1 Å². The minimum atomic E-state index is -0.125. The van der Waals surface area contributed by atoms with Crippen LogP contribution in [0.15, 0.2) is 24.5 Å². The van der Waals surface area contributed by atoms with Gasteiger partial charge in [-0.3, -0.25) is 14.3 Å². The first-order valence-corrected chi connectivity index (χ1v) is 10.4. The van der Waals surface area contributed by atoms with Crippen LogP contribution in [0, 0.1) is 5.92 Å². The summed E-state index contributed by atoms with van der Waals surface area (Å²) in [4.78, 5) is 28.0. The van der Waals surface area contributed by atoms with Gasteiger partial charge in [0.1, 0.15) is 0 Å². The summed E-state index contributed by atoms with van der Waals surface area (Å²) in [6.45, 7) is 1.46. The number of anilines is 1. The van der Waals surface area contributed by atoms with E-state index in [1.54, 1.807) is 23.0 Å². The monoisotopic (exact) mass is 412 g/mol. The molecule has 1 aromatic heterocycles. The topological polar surface area (TPSA) is 85.7 Å². The van der Waals surface area contributed by atoms with Gasteiger partial charge >= 0.3 is 0 Å². The van der Waals surface area contributed by atoms with E-state index in [-0.39, 0.29) is 23.7 Å². The molecule has 0 radical (unpaired) electrons. The van der Waals surface area contributed by atoms with Gasteiger partial charge in [0.2, 0.25) is 5.91 Å². The fourth-order valence-electron chi connectivity index (χ4n) is 4.14. The first-order chi connectivity index (χ1) is 14.5. The highest BCUT2D eigenvalue weighted by atomic mass is 16.5. The highest BCUT2D eigenvalue weighted by Gasteiger charge is 2.45. The number of likely N-dealkylation sites (tertiary alicyclic amines) is 1. The Hall–Kier alpha value is -3.03. The Kier molecular flexibility index (Phi) is 5.65. The molecule has 1 aliphatic heterocycles. The van der Waals surface area contributed by atoms with Crippen molar-refractivity contribution in [2.45, 2.75) is 31.6 Å². The van der Waals surface area contributed by atoms with Crippen molar-refractivity contribution in [1.82, 2.24) is 14.7 Å². The van der Waals surface area contributed by atoms with Gasteiger partial charge in [-0.1, -0.05) is 0 Å². The van der Waals surface area contributed by atoms with E-state index in [1.165, 1.54) is 14.2 Å². The molecule has 1 saturated heterocycles. The lowest BCUT2D eigenvalue weighted by Gasteiger charge is -2.28. The van der Waals surface area contributed by atoms with Crippen molar-refractivity contribution >= 4 is 17.5 Å². The molecule has 2 aromatic rings. The second-order valence-electron chi connectivity index (χ2n) is 7.99. The largest absolute Gasteiger partial charge is 0.493 e. The zero-order valence-electron chi connectivity index (χ0n) is 17.7. The SMILES string of the molecule is COc1cc(NC(=O)[C@H]2C[C@@H]2c2cnn(C)c2)c(C(=O)N2CCCCC2)cc1OC. The predicted octanol–water partition coefficient (Wildman–Crippen LogP) is 2.81. The number of rotatable bonds is 6. The number of hydrogen-bond acceptors (Lipinski definition) is 5. The van der Waals surface area contributed by atoms with Crippen molar-refractivity contribution in [3.8, 4) is 11.5 Å². The minimum absolute atomic E-state index is 0.0921. The zero-order chi connectivity index (χ0) is 21.3. The van der Waals surface area contributed by atoms with E-state index in [4.69, 9.17) is 9.47 Å². The van der Waals surface area contributed by atoms with Crippen LogP contribution in [-0.2, 0) is 11.8 Å². The Balaban J connectivity index is 1.57. The molecule has 1 saturated carbocycles. The number of carbonyl (C=O) groups is 2. The summed E-state index contributed by atoms with van der Waals surface area (Å²) in [6, 6.07) is 3.34. The van der Waals surface area contributed by atoms with Gasteiger partial charge in [-0.25, -0.2) is 0 Å². The quantitative estimate of drug-likeness (QED) is 0.789. The molecule has 8 nitrogen and oxygen atoms in total. The molecular formula is C22H28N4O4. The van der Waals surface area contributed by atoms with E-state index in [0.29, 0.717) is 22.7 Å². The summed E-state index contributed by atoms with van der Waals surface area (Å²) in [5.74, 6) is 0.799. The fraction of sp³-hybridized carbons (Fsp3) is 0.500. The van der Waals surface area contributed by atoms with Crippen molar-refractivity contribution in [2.75, 3.05) is 32.6 Å². The first-order valence-electron chi connectivity index (χ1n) is 10.4. The molecule has 2 heterocycles. The smallest absolute Gasteiger partial charge is 0.256 e. The van der Waals surface area contributed by atoms with Crippen LogP contribution in [0.5, 0.6) is 11.5 Å². The minimum Gasteiger partial charge on any atom is -0.493 e. The van der Waals surface area contributed by atoms with Crippen LogP contribution in [0.25, 0.3) is 0 Å². The maximum Gasteiger partial charge on any atom is 0.256 e. The normalized spacial score (nSPS) is 20.6. The third kappa shape index (κ3) is 3.99. The molecule has 2 fully saturated rings. The number of aromatic nitrogens is 2. The van der Waals surface area contributed by atoms with Crippen LogP contribution in [0.3, 0.4) is 0 Å². The van der Waals surface area contributed by atoms with Gasteiger partial charge in [-0.05, 0) is 43.2 Å². The second kappa shape index (κ2) is 8.38. The number of amides is 2. The summed E-state index contributed by atoms with van der Waals surface area (Å²) in [6.07, 6.45) is 7.65. The zero-order valence-corrected chi connectivity index (χ0v) is 17.7. The molecule has 1 aromatic carbocycles. The number of hydrogen-bond donors (Lipinski definition) is 1. The average Bonchev–Trinajstić information content (AvgIpc) is 3.47. The van der Waals surface area contributed by atoms with Crippen LogP contribution >= 0.6 is 0 Å². The van der Waals surface area contributed by atoms with Gasteiger partial charge in [0.05, 0.1) is 31.7 Å². The van der Waals surface area contributed by atoms with Crippen LogP contribution < -0.4 is 14.8 Å². The molecule has 2 aliphatic rings. The highest BCUT2D eigenvalue weighted by molar-refractivity contribution is 6.05. The average molecular weight is 412 g/mol. The standard InChI is InChI=1S/C22H28N4O4/c1-25-13-14(12-23-25)15-9-16(15)21(27)24-18-11-20(30-3)19(29-2)10-17(18)22(28)26-7-5-4-6-8-26/h10-13,15-16H,4-9H2,1-3H3,(H,24,27)/t15-,16+/m1/s1. The third-order valence-electron chi connectivity index (χ3n) is 5.94. The maximum absolute atomic E-state index is 13.2. The Morgan fingerprint density at radius 2 is 1.80 bits per heavy atom. The lowest BCUT2D eigenvalue weighted by atomic mass is 10.1. The lowest BCUT2D eigenvalue weighted by molar-refractivity contribution is -0.117. The number of methoxy groups -OCH3 is 2. The van der Waals surface area contributed by atoms with E-state index in [2.05, 4.69) is 10.4 Å². The molecule has 4 rings (SSSR count). The molecule has 0 bridgehead atoms. The van der Waals surface area contributed by atoms with Crippen molar-refractivity contribution in [3.63, 3.8) is 0 Å². The summed E-state index contributed by atoms with van der Waals surface area (Å²) in [5, 5.41) is 7.17. The van der Waals surface area contributed by atoms with Crippen molar-refractivity contribution in [3.05, 3.63) is 35.7 Å². The van der Waals surface area contributed by atoms with E-state index in [0.717, 1.165) is 44.3 Å². The molecule has 0 unspecified atom stereocenters. The maximum atomic E-state index is 13.2. The van der Waals surface area contributed by atoms with E-state index < -0.39 is 0 Å². The van der Waals surface area contributed by atoms with Crippen LogP contribution in [0.4, 0.5) is 5.69 Å². The number of piperidine rings is 1. The van der Waals surface area contributed by atoms with Gasteiger partial charge < -0.3 is 19.7 Å². The van der Waals surface area contributed by atoms with Gasteiger partial charge in [-0.15, -0.1) is 0 Å². The lowest BCUT2D eigenvalue weighted by Crippen LogP contribution is -2.36. The molecule has 30 heavy (non-hydrogen) atoms.